The number of methoxy groups -OCH3 is 1. The molecule has 0 aliphatic rings. The van der Waals surface area contributed by atoms with Crippen molar-refractivity contribution in [3.63, 3.8) is 0 Å². The Morgan fingerprint density at radius 3 is 2.46 bits per heavy atom. The van der Waals surface area contributed by atoms with Crippen molar-refractivity contribution in [1.82, 2.24) is 10.2 Å². The van der Waals surface area contributed by atoms with Gasteiger partial charge >= 0.3 is 6.09 Å². The summed E-state index contributed by atoms with van der Waals surface area (Å²) in [6, 6.07) is 8.12. The molecule has 0 radical (unpaired) electrons. The Balaban J connectivity index is 2.30. The van der Waals surface area contributed by atoms with E-state index in [1.165, 1.54) is 17.0 Å². The molecule has 2 aromatic rings. The highest BCUT2D eigenvalue weighted by Gasteiger charge is 2.31. The lowest BCUT2D eigenvalue weighted by Gasteiger charge is -2.29. The monoisotopic (exact) mass is 563 g/mol. The van der Waals surface area contributed by atoms with Gasteiger partial charge in [0.25, 0.3) is 0 Å². The number of hydrogen-bond donors (Lipinski definition) is 2. The lowest BCUT2D eigenvalue weighted by Crippen LogP contribution is -2.52. The van der Waals surface area contributed by atoms with E-state index in [0.29, 0.717) is 29.5 Å². The number of nitrogens with one attached hydrogen (secondary N) is 1. The van der Waals surface area contributed by atoms with Crippen molar-refractivity contribution in [1.29, 1.82) is 0 Å². The first-order valence-electron chi connectivity index (χ1n) is 12.6. The number of sulfone groups is 1. The van der Waals surface area contributed by atoms with E-state index in [1.807, 2.05) is 6.92 Å². The predicted molar refractivity (Wildman–Crippen MR) is 145 cm³/mol. The molecule has 11 heteroatoms. The number of halogens is 2. The number of benzene rings is 2. The topological polar surface area (TPSA) is 119 Å². The smallest absolute Gasteiger partial charge is 0.407 e. The summed E-state index contributed by atoms with van der Waals surface area (Å²) in [5, 5.41) is 2.35. The minimum Gasteiger partial charge on any atom is -0.453 e. The molecule has 2 rings (SSSR count). The maximum absolute atomic E-state index is 13.7. The largest absolute Gasteiger partial charge is 0.453 e. The molecule has 2 atom stereocenters. The number of unbranched alkanes of at least 4 members (excludes halogenated alkanes) is 1. The normalized spacial score (nSPS) is 12.7. The van der Waals surface area contributed by atoms with Gasteiger partial charge < -0.3 is 20.7 Å². The van der Waals surface area contributed by atoms with E-state index in [1.54, 1.807) is 24.3 Å². The van der Waals surface area contributed by atoms with Crippen molar-refractivity contribution in [3.8, 4) is 12.3 Å². The second-order valence-electron chi connectivity index (χ2n) is 9.29. The molecular weight excluding hydrogens is 528 g/mol. The molecule has 0 bridgehead atoms. The molecule has 3 N–H and O–H groups in total. The van der Waals surface area contributed by atoms with Gasteiger partial charge in [-0.3, -0.25) is 4.79 Å². The van der Waals surface area contributed by atoms with Gasteiger partial charge in [-0.05, 0) is 54.7 Å². The van der Waals surface area contributed by atoms with Crippen LogP contribution in [0.1, 0.15) is 42.9 Å². The number of alkyl carbamates (subject to hydrolysis) is 1. The summed E-state index contributed by atoms with van der Waals surface area (Å²) in [6.07, 6.45) is 6.00. The number of hydrogen-bond acceptors (Lipinski definition) is 6. The van der Waals surface area contributed by atoms with Crippen molar-refractivity contribution in [2.24, 2.45) is 5.73 Å². The lowest BCUT2D eigenvalue weighted by atomic mass is 10.0. The number of nitrogens with zero attached hydrogens (tertiary/aromatic N) is 1. The highest BCUT2D eigenvalue weighted by atomic mass is 32.2. The molecule has 0 unspecified atom stereocenters. The first-order valence-corrected chi connectivity index (χ1v) is 14.4. The van der Waals surface area contributed by atoms with Gasteiger partial charge in [0.2, 0.25) is 5.91 Å². The summed E-state index contributed by atoms with van der Waals surface area (Å²) in [7, 11) is -2.57. The van der Waals surface area contributed by atoms with Crippen LogP contribution in [-0.4, -0.2) is 62.6 Å². The van der Waals surface area contributed by atoms with Crippen LogP contribution in [0.2, 0.25) is 0 Å². The summed E-state index contributed by atoms with van der Waals surface area (Å²) in [6.45, 7) is 1.98. The number of carbonyl (C=O) groups is 2. The Kier molecular flexibility index (Phi) is 12.4. The maximum Gasteiger partial charge on any atom is 0.407 e. The molecule has 0 aliphatic heterocycles. The molecule has 8 nitrogen and oxygen atoms in total. The molecule has 0 heterocycles. The average Bonchev–Trinajstić information content (AvgIpc) is 2.88. The highest BCUT2D eigenvalue weighted by molar-refractivity contribution is 7.91. The summed E-state index contributed by atoms with van der Waals surface area (Å²) in [5.41, 5.74) is 7.88. The zero-order valence-electron chi connectivity index (χ0n) is 22.2. The molecule has 0 saturated carbocycles. The van der Waals surface area contributed by atoms with E-state index >= 15 is 0 Å². The number of rotatable bonds is 14. The molecule has 0 aliphatic carbocycles. The highest BCUT2D eigenvalue weighted by Crippen LogP contribution is 2.14. The first-order chi connectivity index (χ1) is 18.5. The number of carbonyl (C=O) groups excluding carboxylic acids is 2. The molecule has 0 fully saturated rings. The van der Waals surface area contributed by atoms with Crippen LogP contribution in [0.5, 0.6) is 0 Å². The van der Waals surface area contributed by atoms with Crippen molar-refractivity contribution < 1.29 is 31.5 Å². The van der Waals surface area contributed by atoms with E-state index < -0.39 is 51.3 Å². The van der Waals surface area contributed by atoms with Gasteiger partial charge in [0.1, 0.15) is 17.7 Å². The van der Waals surface area contributed by atoms with E-state index in [-0.39, 0.29) is 31.7 Å². The maximum atomic E-state index is 13.7. The molecule has 212 valence electrons. The van der Waals surface area contributed by atoms with E-state index in [0.717, 1.165) is 13.2 Å². The Hall–Kier alpha value is -3.49. The minimum atomic E-state index is -3.68. The SMILES string of the molecule is C#Cc1cccc(CN(CC[C@@H](N)Cc2cc(F)cc(F)c2)C(=O)[C@@H](CS(=O)(=O)CCCC)NC(=O)OC)c1. The number of amides is 2. The molecular formula is C28H35F2N3O5S. The Morgan fingerprint density at radius 1 is 1.15 bits per heavy atom. The van der Waals surface area contributed by atoms with Crippen LogP contribution in [0.4, 0.5) is 13.6 Å². The van der Waals surface area contributed by atoms with Crippen molar-refractivity contribution in [2.75, 3.05) is 25.2 Å². The van der Waals surface area contributed by atoms with Gasteiger partial charge in [0.15, 0.2) is 9.84 Å². The molecule has 39 heavy (non-hydrogen) atoms. The number of nitrogens with two attached hydrogens (primary N) is 1. The first kappa shape index (κ1) is 31.7. The van der Waals surface area contributed by atoms with Crippen LogP contribution >= 0.6 is 0 Å². The number of terminal acetylenes is 1. The van der Waals surface area contributed by atoms with Crippen molar-refractivity contribution in [3.05, 3.63) is 70.8 Å². The van der Waals surface area contributed by atoms with Gasteiger partial charge in [-0.25, -0.2) is 22.0 Å². The third-order valence-corrected chi connectivity index (χ3v) is 7.73. The Labute approximate surface area is 228 Å². The third kappa shape index (κ3) is 11.0. The summed E-state index contributed by atoms with van der Waals surface area (Å²) in [4.78, 5) is 27.1. The van der Waals surface area contributed by atoms with Crippen LogP contribution in [0.3, 0.4) is 0 Å². The van der Waals surface area contributed by atoms with E-state index in [9.17, 15) is 26.8 Å². The van der Waals surface area contributed by atoms with Gasteiger partial charge in [-0.1, -0.05) is 31.4 Å². The quantitative estimate of drug-likeness (QED) is 0.341. The zero-order valence-corrected chi connectivity index (χ0v) is 23.0. The van der Waals surface area contributed by atoms with Gasteiger partial charge in [-0.2, -0.15) is 0 Å². The Bertz CT molecular complexity index is 1260. The van der Waals surface area contributed by atoms with Crippen LogP contribution in [0.25, 0.3) is 0 Å². The minimum absolute atomic E-state index is 0.0596. The second-order valence-corrected chi connectivity index (χ2v) is 11.5. The molecule has 0 spiro atoms. The van der Waals surface area contributed by atoms with Crippen molar-refractivity contribution in [2.45, 2.75) is 51.2 Å². The third-order valence-electron chi connectivity index (χ3n) is 5.97. The van der Waals surface area contributed by atoms with Crippen molar-refractivity contribution >= 4 is 21.8 Å². The van der Waals surface area contributed by atoms with Gasteiger partial charge in [0, 0.05) is 30.8 Å². The predicted octanol–water partition coefficient (Wildman–Crippen LogP) is 3.17. The van der Waals surface area contributed by atoms with Crippen LogP contribution in [-0.2, 0) is 32.3 Å². The van der Waals surface area contributed by atoms with Crippen LogP contribution in [0, 0.1) is 24.0 Å². The lowest BCUT2D eigenvalue weighted by molar-refractivity contribution is -0.133. The average molecular weight is 564 g/mol. The summed E-state index contributed by atoms with van der Waals surface area (Å²) < 4.78 is 57.2. The molecule has 0 saturated heterocycles. The molecule has 2 amide bonds. The fraction of sp³-hybridized carbons (Fsp3) is 0.429. The molecule has 2 aromatic carbocycles. The van der Waals surface area contributed by atoms with E-state index in [2.05, 4.69) is 16.0 Å². The van der Waals surface area contributed by atoms with Gasteiger partial charge in [0.05, 0.1) is 18.6 Å². The second kappa shape index (κ2) is 15.2. The zero-order chi connectivity index (χ0) is 29.0. The summed E-state index contributed by atoms with van der Waals surface area (Å²) in [5.74, 6) is -0.285. The fourth-order valence-electron chi connectivity index (χ4n) is 4.00. The molecule has 0 aromatic heterocycles. The van der Waals surface area contributed by atoms with Gasteiger partial charge in [-0.15, -0.1) is 6.42 Å². The number of ether oxygens (including phenoxy) is 1. The Morgan fingerprint density at radius 2 is 1.85 bits per heavy atom. The van der Waals surface area contributed by atoms with E-state index in [4.69, 9.17) is 12.2 Å². The summed E-state index contributed by atoms with van der Waals surface area (Å²) >= 11 is 0. The standard InChI is InChI=1S/C28H35F2N3O5S/c1-4-6-12-39(36,37)19-26(32-28(35)38-3)27(34)33(18-21-9-7-8-20(5-2)13-21)11-10-25(31)16-22-14-23(29)17-24(30)15-22/h2,7-9,13-15,17,25-26H,4,6,10-12,16,18-19,31H2,1,3H3,(H,32,35)/t25-,26-/m1/s1. The van der Waals surface area contributed by atoms with Crippen LogP contribution < -0.4 is 11.1 Å². The van der Waals surface area contributed by atoms with Crippen LogP contribution in [0.15, 0.2) is 42.5 Å². The fourth-order valence-corrected chi connectivity index (χ4v) is 5.63.